The molecule has 0 aromatic carbocycles. The van der Waals surface area contributed by atoms with Crippen molar-refractivity contribution < 1.29 is 5.11 Å². The largest absolute Gasteiger partial charge is 0.393 e. The molecule has 1 heterocycles. The van der Waals surface area contributed by atoms with Crippen LogP contribution >= 0.6 is 0 Å². The standard InChI is InChI=1S/C12H21N3O/c1-9(2)7-15-12(13-8-14-15)6-10-4-3-5-11(10)16/h8-11,16H,3-7H2,1-2H3. The fourth-order valence-electron chi connectivity index (χ4n) is 2.43. The van der Waals surface area contributed by atoms with Crippen molar-refractivity contribution in [3.05, 3.63) is 12.2 Å². The summed E-state index contributed by atoms with van der Waals surface area (Å²) in [5.74, 6) is 1.99. The second-order valence-electron chi connectivity index (χ2n) is 5.21. The summed E-state index contributed by atoms with van der Waals surface area (Å²) < 4.78 is 1.98. The average molecular weight is 223 g/mol. The molecule has 0 amide bonds. The van der Waals surface area contributed by atoms with Crippen LogP contribution in [0.5, 0.6) is 0 Å². The second kappa shape index (κ2) is 4.95. The molecule has 4 nitrogen and oxygen atoms in total. The highest BCUT2D eigenvalue weighted by Gasteiger charge is 2.26. The highest BCUT2D eigenvalue weighted by atomic mass is 16.3. The molecule has 2 unspecified atom stereocenters. The smallest absolute Gasteiger partial charge is 0.138 e. The van der Waals surface area contributed by atoms with E-state index in [0.717, 1.165) is 38.1 Å². The van der Waals surface area contributed by atoms with Crippen molar-refractivity contribution in [1.82, 2.24) is 14.8 Å². The number of aliphatic hydroxyl groups excluding tert-OH is 1. The molecule has 0 bridgehead atoms. The lowest BCUT2D eigenvalue weighted by Crippen LogP contribution is -2.19. The van der Waals surface area contributed by atoms with E-state index < -0.39 is 0 Å². The van der Waals surface area contributed by atoms with Crippen molar-refractivity contribution in [3.8, 4) is 0 Å². The van der Waals surface area contributed by atoms with E-state index in [0.29, 0.717) is 11.8 Å². The van der Waals surface area contributed by atoms with Gasteiger partial charge in [0.15, 0.2) is 0 Å². The first-order chi connectivity index (χ1) is 7.66. The summed E-state index contributed by atoms with van der Waals surface area (Å²) in [6.07, 6.45) is 5.57. The van der Waals surface area contributed by atoms with Gasteiger partial charge in [-0.15, -0.1) is 0 Å². The summed E-state index contributed by atoms with van der Waals surface area (Å²) in [7, 11) is 0. The minimum atomic E-state index is -0.135. The molecule has 16 heavy (non-hydrogen) atoms. The number of hydrogen-bond acceptors (Lipinski definition) is 3. The molecule has 90 valence electrons. The van der Waals surface area contributed by atoms with Crippen LogP contribution in [0.25, 0.3) is 0 Å². The van der Waals surface area contributed by atoms with E-state index in [-0.39, 0.29) is 6.10 Å². The highest BCUT2D eigenvalue weighted by molar-refractivity contribution is 4.91. The van der Waals surface area contributed by atoms with Gasteiger partial charge in [0.05, 0.1) is 6.10 Å². The number of aromatic nitrogens is 3. The normalized spacial score (nSPS) is 25.5. The zero-order valence-electron chi connectivity index (χ0n) is 10.1. The first-order valence-electron chi connectivity index (χ1n) is 6.21. The van der Waals surface area contributed by atoms with Gasteiger partial charge < -0.3 is 5.11 Å². The van der Waals surface area contributed by atoms with Gasteiger partial charge in [-0.1, -0.05) is 20.3 Å². The van der Waals surface area contributed by atoms with E-state index in [9.17, 15) is 5.11 Å². The van der Waals surface area contributed by atoms with Crippen LogP contribution in [0.4, 0.5) is 0 Å². The fraction of sp³-hybridized carbons (Fsp3) is 0.833. The lowest BCUT2D eigenvalue weighted by atomic mass is 10.0. The number of rotatable bonds is 4. The maximum absolute atomic E-state index is 9.80. The molecule has 2 atom stereocenters. The Hall–Kier alpha value is -0.900. The first kappa shape index (κ1) is 11.6. The van der Waals surface area contributed by atoms with Crippen LogP contribution in [0.2, 0.25) is 0 Å². The topological polar surface area (TPSA) is 50.9 Å². The molecule has 1 aliphatic rings. The van der Waals surface area contributed by atoms with E-state index >= 15 is 0 Å². The molecule has 1 N–H and O–H groups in total. The molecule has 1 aromatic rings. The zero-order chi connectivity index (χ0) is 11.5. The van der Waals surface area contributed by atoms with Gasteiger partial charge in [-0.05, 0) is 24.7 Å². The van der Waals surface area contributed by atoms with Crippen LogP contribution in [-0.2, 0) is 13.0 Å². The average Bonchev–Trinajstić information content (AvgIpc) is 2.78. The third-order valence-electron chi connectivity index (χ3n) is 3.30. The van der Waals surface area contributed by atoms with Gasteiger partial charge in [0, 0.05) is 13.0 Å². The molecule has 2 rings (SSSR count). The predicted octanol–water partition coefficient (Wildman–Crippen LogP) is 1.64. The number of nitrogens with zero attached hydrogens (tertiary/aromatic N) is 3. The van der Waals surface area contributed by atoms with E-state index in [1.54, 1.807) is 6.33 Å². The van der Waals surface area contributed by atoms with Gasteiger partial charge in [0.25, 0.3) is 0 Å². The van der Waals surface area contributed by atoms with Crippen molar-refractivity contribution in [2.75, 3.05) is 0 Å². The molecule has 1 fully saturated rings. The van der Waals surface area contributed by atoms with Crippen LogP contribution in [0.1, 0.15) is 38.9 Å². The molecular formula is C12H21N3O. The summed E-state index contributed by atoms with van der Waals surface area (Å²) in [5, 5.41) is 14.1. The molecule has 0 radical (unpaired) electrons. The molecular weight excluding hydrogens is 202 g/mol. The Labute approximate surface area is 96.7 Å². The van der Waals surface area contributed by atoms with Gasteiger partial charge in [0.2, 0.25) is 0 Å². The van der Waals surface area contributed by atoms with Crippen LogP contribution in [0.3, 0.4) is 0 Å². The van der Waals surface area contributed by atoms with Crippen molar-refractivity contribution in [1.29, 1.82) is 0 Å². The lowest BCUT2D eigenvalue weighted by Gasteiger charge is -2.15. The minimum absolute atomic E-state index is 0.135. The van der Waals surface area contributed by atoms with Gasteiger partial charge in [-0.2, -0.15) is 5.10 Å². The highest BCUT2D eigenvalue weighted by Crippen LogP contribution is 2.28. The van der Waals surface area contributed by atoms with Crippen LogP contribution in [0, 0.1) is 11.8 Å². The van der Waals surface area contributed by atoms with Gasteiger partial charge in [-0.25, -0.2) is 9.67 Å². The molecule has 1 aliphatic carbocycles. The Kier molecular flexibility index (Phi) is 3.59. The quantitative estimate of drug-likeness (QED) is 0.844. The Bertz CT molecular complexity index is 335. The summed E-state index contributed by atoms with van der Waals surface area (Å²) in [6, 6.07) is 0. The van der Waals surface area contributed by atoms with E-state index in [2.05, 4.69) is 23.9 Å². The number of aliphatic hydroxyl groups is 1. The van der Waals surface area contributed by atoms with E-state index in [1.807, 2.05) is 4.68 Å². The summed E-state index contributed by atoms with van der Waals surface area (Å²) >= 11 is 0. The Morgan fingerprint density at radius 1 is 1.50 bits per heavy atom. The van der Waals surface area contributed by atoms with Crippen molar-refractivity contribution >= 4 is 0 Å². The summed E-state index contributed by atoms with van der Waals surface area (Å²) in [4.78, 5) is 4.31. The Morgan fingerprint density at radius 3 is 2.94 bits per heavy atom. The molecule has 4 heteroatoms. The van der Waals surface area contributed by atoms with Crippen molar-refractivity contribution in [2.24, 2.45) is 11.8 Å². The van der Waals surface area contributed by atoms with Crippen molar-refractivity contribution in [3.63, 3.8) is 0 Å². The van der Waals surface area contributed by atoms with E-state index in [1.165, 1.54) is 0 Å². The zero-order valence-corrected chi connectivity index (χ0v) is 10.1. The molecule has 1 saturated carbocycles. The molecule has 1 aromatic heterocycles. The van der Waals surface area contributed by atoms with Gasteiger partial charge in [-0.3, -0.25) is 0 Å². The van der Waals surface area contributed by atoms with Gasteiger partial charge in [0.1, 0.15) is 12.2 Å². The maximum Gasteiger partial charge on any atom is 0.138 e. The van der Waals surface area contributed by atoms with E-state index in [4.69, 9.17) is 0 Å². The van der Waals surface area contributed by atoms with Crippen LogP contribution in [-0.4, -0.2) is 26.0 Å². The molecule has 0 aliphatic heterocycles. The SMILES string of the molecule is CC(C)Cn1ncnc1CC1CCCC1O. The molecule has 0 spiro atoms. The van der Waals surface area contributed by atoms with Crippen molar-refractivity contribution in [2.45, 2.75) is 52.2 Å². The second-order valence-corrected chi connectivity index (χ2v) is 5.21. The lowest BCUT2D eigenvalue weighted by molar-refractivity contribution is 0.131. The Balaban J connectivity index is 2.00. The monoisotopic (exact) mass is 223 g/mol. The summed E-state index contributed by atoms with van der Waals surface area (Å²) in [5.41, 5.74) is 0. The van der Waals surface area contributed by atoms with Gasteiger partial charge >= 0.3 is 0 Å². The fourth-order valence-corrected chi connectivity index (χ4v) is 2.43. The van der Waals surface area contributed by atoms with Crippen LogP contribution in [0.15, 0.2) is 6.33 Å². The minimum Gasteiger partial charge on any atom is -0.393 e. The third-order valence-corrected chi connectivity index (χ3v) is 3.30. The number of hydrogen-bond donors (Lipinski definition) is 1. The predicted molar refractivity (Wildman–Crippen MR) is 61.9 cm³/mol. The maximum atomic E-state index is 9.80. The first-order valence-corrected chi connectivity index (χ1v) is 6.21. The molecule has 0 saturated heterocycles. The summed E-state index contributed by atoms with van der Waals surface area (Å²) in [6.45, 7) is 5.27. The van der Waals surface area contributed by atoms with Crippen LogP contribution < -0.4 is 0 Å². The third kappa shape index (κ3) is 2.61. The Morgan fingerprint density at radius 2 is 2.31 bits per heavy atom.